The lowest BCUT2D eigenvalue weighted by atomic mass is 10.2. The second-order valence-electron chi connectivity index (χ2n) is 3.25. The maximum atomic E-state index is 13.3. The number of nitrogens with one attached hydrogen (secondary N) is 1. The molecule has 0 atom stereocenters. The zero-order valence-electron chi connectivity index (χ0n) is 8.85. The smallest absolute Gasteiger partial charge is 0.313 e. The van der Waals surface area contributed by atoms with Crippen molar-refractivity contribution in [3.8, 4) is 11.4 Å². The minimum atomic E-state index is -0.946. The first-order valence-electron chi connectivity index (χ1n) is 4.79. The van der Waals surface area contributed by atoms with Gasteiger partial charge in [0.15, 0.2) is 5.82 Å². The number of thioether (sulfide) groups is 1. The third-order valence-electron chi connectivity index (χ3n) is 2.00. The standard InChI is InChI=1S/C10H7BrFN3O2S/c11-8-5(2-1-3-6(8)12)9-13-10(15-14-9)18-4-7(16)17/h1-3H,4H2,(H,16,17)(H,13,14,15). The van der Waals surface area contributed by atoms with Gasteiger partial charge in [-0.1, -0.05) is 17.8 Å². The van der Waals surface area contributed by atoms with Crippen LogP contribution < -0.4 is 0 Å². The van der Waals surface area contributed by atoms with Gasteiger partial charge in [0.2, 0.25) is 5.16 Å². The number of nitrogens with zero attached hydrogens (tertiary/aromatic N) is 2. The van der Waals surface area contributed by atoms with Crippen molar-refractivity contribution in [3.05, 3.63) is 28.5 Å². The Hall–Kier alpha value is -1.41. The Morgan fingerprint density at radius 3 is 3.06 bits per heavy atom. The molecule has 0 saturated heterocycles. The predicted molar refractivity (Wildman–Crippen MR) is 67.8 cm³/mol. The number of aromatic amines is 1. The van der Waals surface area contributed by atoms with E-state index in [2.05, 4.69) is 31.1 Å². The monoisotopic (exact) mass is 331 g/mol. The van der Waals surface area contributed by atoms with Gasteiger partial charge in [0.05, 0.1) is 10.2 Å². The lowest BCUT2D eigenvalue weighted by Gasteiger charge is -2.00. The molecule has 0 aliphatic heterocycles. The summed E-state index contributed by atoms with van der Waals surface area (Å²) in [6.07, 6.45) is 0. The summed E-state index contributed by atoms with van der Waals surface area (Å²) in [6, 6.07) is 4.56. The highest BCUT2D eigenvalue weighted by Crippen LogP contribution is 2.28. The fourth-order valence-electron chi connectivity index (χ4n) is 1.24. The Balaban J connectivity index is 2.24. The third kappa shape index (κ3) is 2.88. The number of H-pyrrole nitrogens is 1. The molecule has 18 heavy (non-hydrogen) atoms. The molecule has 0 saturated carbocycles. The van der Waals surface area contributed by atoms with E-state index in [4.69, 9.17) is 5.11 Å². The van der Waals surface area contributed by atoms with Crippen molar-refractivity contribution in [2.75, 3.05) is 5.75 Å². The van der Waals surface area contributed by atoms with Crippen LogP contribution in [-0.4, -0.2) is 32.0 Å². The van der Waals surface area contributed by atoms with Gasteiger partial charge in [-0.15, -0.1) is 5.10 Å². The van der Waals surface area contributed by atoms with E-state index in [-0.39, 0.29) is 10.2 Å². The minimum Gasteiger partial charge on any atom is -0.481 e. The first kappa shape index (κ1) is 13.0. The van der Waals surface area contributed by atoms with Crippen molar-refractivity contribution in [3.63, 3.8) is 0 Å². The van der Waals surface area contributed by atoms with Crippen LogP contribution in [0.2, 0.25) is 0 Å². The molecule has 1 heterocycles. The van der Waals surface area contributed by atoms with Crippen molar-refractivity contribution in [1.82, 2.24) is 15.2 Å². The quantitative estimate of drug-likeness (QED) is 0.842. The molecule has 0 bridgehead atoms. The Kier molecular flexibility index (Phi) is 3.97. The van der Waals surface area contributed by atoms with Gasteiger partial charge in [0, 0.05) is 5.56 Å². The highest BCUT2D eigenvalue weighted by atomic mass is 79.9. The number of carboxylic acids is 1. The average Bonchev–Trinajstić information content (AvgIpc) is 2.78. The van der Waals surface area contributed by atoms with Crippen molar-refractivity contribution in [1.29, 1.82) is 0 Å². The molecule has 0 amide bonds. The van der Waals surface area contributed by atoms with Gasteiger partial charge >= 0.3 is 5.97 Å². The SMILES string of the molecule is O=C(O)CSc1n[nH]c(-c2cccc(F)c2Br)n1. The number of benzene rings is 1. The highest BCUT2D eigenvalue weighted by Gasteiger charge is 2.12. The largest absolute Gasteiger partial charge is 0.481 e. The molecule has 0 fully saturated rings. The van der Waals surface area contributed by atoms with Crippen molar-refractivity contribution < 1.29 is 14.3 Å². The van der Waals surface area contributed by atoms with Gasteiger partial charge in [0.25, 0.3) is 0 Å². The molecule has 5 nitrogen and oxygen atoms in total. The van der Waals surface area contributed by atoms with Gasteiger partial charge in [0.1, 0.15) is 5.82 Å². The van der Waals surface area contributed by atoms with E-state index in [0.29, 0.717) is 16.5 Å². The predicted octanol–water partition coefficient (Wildman–Crippen LogP) is 2.55. The molecule has 94 valence electrons. The number of halogens is 2. The van der Waals surface area contributed by atoms with Crippen LogP contribution in [0.5, 0.6) is 0 Å². The summed E-state index contributed by atoms with van der Waals surface area (Å²) in [5.41, 5.74) is 0.532. The van der Waals surface area contributed by atoms with Crippen LogP contribution in [0, 0.1) is 5.82 Å². The lowest BCUT2D eigenvalue weighted by molar-refractivity contribution is -0.133. The van der Waals surface area contributed by atoms with Crippen LogP contribution in [0.15, 0.2) is 27.8 Å². The number of hydrogen-bond acceptors (Lipinski definition) is 4. The molecule has 1 aromatic heterocycles. The Morgan fingerprint density at radius 1 is 1.56 bits per heavy atom. The molecule has 0 aliphatic rings. The van der Waals surface area contributed by atoms with Crippen LogP contribution in [0.1, 0.15) is 0 Å². The fraction of sp³-hybridized carbons (Fsp3) is 0.100. The fourth-order valence-corrected chi connectivity index (χ4v) is 2.22. The topological polar surface area (TPSA) is 78.9 Å². The Labute approximate surface area is 114 Å². The maximum absolute atomic E-state index is 13.3. The second kappa shape index (κ2) is 5.49. The number of aromatic nitrogens is 3. The molecule has 0 radical (unpaired) electrons. The Bertz CT molecular complexity index is 590. The van der Waals surface area contributed by atoms with Gasteiger partial charge in [-0.25, -0.2) is 9.37 Å². The van der Waals surface area contributed by atoms with E-state index in [1.54, 1.807) is 12.1 Å². The molecule has 0 aliphatic carbocycles. The molecule has 8 heteroatoms. The highest BCUT2D eigenvalue weighted by molar-refractivity contribution is 9.10. The third-order valence-corrected chi connectivity index (χ3v) is 3.63. The first-order valence-corrected chi connectivity index (χ1v) is 6.57. The van der Waals surface area contributed by atoms with Crippen LogP contribution in [0.3, 0.4) is 0 Å². The molecule has 2 N–H and O–H groups in total. The molecule has 2 aromatic rings. The van der Waals surface area contributed by atoms with Crippen molar-refractivity contribution >= 4 is 33.7 Å². The molecular weight excluding hydrogens is 325 g/mol. The number of aliphatic carboxylic acids is 1. The maximum Gasteiger partial charge on any atom is 0.313 e. The lowest BCUT2D eigenvalue weighted by Crippen LogP contribution is -1.97. The van der Waals surface area contributed by atoms with E-state index in [1.807, 2.05) is 0 Å². The zero-order chi connectivity index (χ0) is 13.1. The van der Waals surface area contributed by atoms with Gasteiger partial charge in [-0.3, -0.25) is 9.89 Å². The summed E-state index contributed by atoms with van der Waals surface area (Å²) < 4.78 is 13.6. The number of rotatable bonds is 4. The van der Waals surface area contributed by atoms with Gasteiger partial charge < -0.3 is 5.11 Å². The van der Waals surface area contributed by atoms with E-state index < -0.39 is 11.8 Å². The average molecular weight is 332 g/mol. The van der Waals surface area contributed by atoms with Crippen LogP contribution >= 0.6 is 27.7 Å². The summed E-state index contributed by atoms with van der Waals surface area (Å²) in [4.78, 5) is 14.5. The van der Waals surface area contributed by atoms with E-state index in [9.17, 15) is 9.18 Å². The summed E-state index contributed by atoms with van der Waals surface area (Å²) in [6.45, 7) is 0. The van der Waals surface area contributed by atoms with E-state index in [0.717, 1.165) is 11.8 Å². The molecule has 1 aromatic carbocycles. The minimum absolute atomic E-state index is 0.123. The summed E-state index contributed by atoms with van der Waals surface area (Å²) in [5, 5.41) is 15.3. The van der Waals surface area contributed by atoms with Crippen LogP contribution in [0.4, 0.5) is 4.39 Å². The molecule has 2 rings (SSSR count). The van der Waals surface area contributed by atoms with Crippen LogP contribution in [-0.2, 0) is 4.79 Å². The van der Waals surface area contributed by atoms with Crippen LogP contribution in [0.25, 0.3) is 11.4 Å². The first-order chi connectivity index (χ1) is 8.58. The summed E-state index contributed by atoms with van der Waals surface area (Å²) in [5.74, 6) is -1.09. The molecule has 0 unspecified atom stereocenters. The van der Waals surface area contributed by atoms with E-state index in [1.165, 1.54) is 6.07 Å². The second-order valence-corrected chi connectivity index (χ2v) is 4.99. The number of carbonyl (C=O) groups is 1. The Morgan fingerprint density at radius 2 is 2.33 bits per heavy atom. The number of hydrogen-bond donors (Lipinski definition) is 2. The zero-order valence-corrected chi connectivity index (χ0v) is 11.3. The van der Waals surface area contributed by atoms with E-state index >= 15 is 0 Å². The number of carboxylic acid groups (broad SMARTS) is 1. The summed E-state index contributed by atoms with van der Waals surface area (Å²) in [7, 11) is 0. The van der Waals surface area contributed by atoms with Gasteiger partial charge in [-0.05, 0) is 28.1 Å². The van der Waals surface area contributed by atoms with Gasteiger partial charge in [-0.2, -0.15) is 0 Å². The summed E-state index contributed by atoms with van der Waals surface area (Å²) >= 11 is 4.12. The molecular formula is C10H7BrFN3O2S. The van der Waals surface area contributed by atoms with Crippen molar-refractivity contribution in [2.45, 2.75) is 5.16 Å². The van der Waals surface area contributed by atoms with Crippen molar-refractivity contribution in [2.24, 2.45) is 0 Å². The normalized spacial score (nSPS) is 10.6. The molecule has 0 spiro atoms.